The molecule has 4 heterocycles. The summed E-state index contributed by atoms with van der Waals surface area (Å²) in [6, 6.07) is 17.7. The van der Waals surface area contributed by atoms with Gasteiger partial charge < -0.3 is 14.2 Å². The zero-order chi connectivity index (χ0) is 32.5. The lowest BCUT2D eigenvalue weighted by atomic mass is 9.85. The van der Waals surface area contributed by atoms with Crippen LogP contribution < -0.4 is 24.8 Å². The van der Waals surface area contributed by atoms with Crippen molar-refractivity contribution in [1.82, 2.24) is 14.1 Å². The van der Waals surface area contributed by atoms with Crippen LogP contribution in [0.15, 0.2) is 73.1 Å². The van der Waals surface area contributed by atoms with E-state index in [1.807, 2.05) is 6.20 Å². The Labute approximate surface area is 277 Å². The van der Waals surface area contributed by atoms with Crippen LogP contribution in [0.1, 0.15) is 89.0 Å². The zero-order valence-corrected chi connectivity index (χ0v) is 29.1. The largest absolute Gasteiger partial charge is 0.456 e. The lowest BCUT2D eigenvalue weighted by Crippen LogP contribution is -2.49. The number of nitrogens with zero attached hydrogens (tertiary/aromatic N) is 4. The second-order valence-corrected chi connectivity index (χ2v) is 14.3. The molecule has 1 aromatic heterocycles. The Balaban J connectivity index is 1.53. The van der Waals surface area contributed by atoms with Gasteiger partial charge in [-0.3, -0.25) is 0 Å². The number of halogens is 1. The molecule has 5 nitrogen and oxygen atoms in total. The van der Waals surface area contributed by atoms with Gasteiger partial charge in [-0.1, -0.05) is 30.3 Å². The standard InChI is InChI=1S/C40H44ClN4O/c1-9-44-33-19-35-31(17-29(33)25(3)21-39(44,5)6)37(38-42-15-16-43(38)24-28-13-11-27(23-41)12-14-28)32-18-30-26(4)22-40(7,8)45(10-2)34(30)20-36(32)46-35/h11-22H,9-10,23-24H2,1-8H3/q+1. The number of fused-ring (bicyclic) bond motifs is 4. The lowest BCUT2D eigenvalue weighted by molar-refractivity contribution is 0.399. The molecule has 6 heteroatoms. The van der Waals surface area contributed by atoms with Gasteiger partial charge in [0.1, 0.15) is 23.9 Å². The summed E-state index contributed by atoms with van der Waals surface area (Å²) in [5.41, 5.74) is 10.6. The van der Waals surface area contributed by atoms with Gasteiger partial charge in [-0.05, 0) is 82.0 Å². The molecule has 46 heavy (non-hydrogen) atoms. The van der Waals surface area contributed by atoms with Gasteiger partial charge >= 0.3 is 0 Å². The highest BCUT2D eigenvalue weighted by Gasteiger charge is 2.36. The molecule has 3 aromatic carbocycles. The van der Waals surface area contributed by atoms with Crippen LogP contribution in [0.5, 0.6) is 11.5 Å². The number of ether oxygens (including phenoxy) is 1. The number of hydrogen-bond acceptors (Lipinski definition) is 3. The summed E-state index contributed by atoms with van der Waals surface area (Å²) in [7, 11) is 0. The molecule has 0 aliphatic carbocycles. The van der Waals surface area contributed by atoms with Gasteiger partial charge in [-0.2, -0.15) is 0 Å². The monoisotopic (exact) mass is 631 g/mol. The molecule has 7 rings (SSSR count). The van der Waals surface area contributed by atoms with Crippen LogP contribution in [0.4, 0.5) is 5.69 Å². The molecule has 236 valence electrons. The van der Waals surface area contributed by atoms with Crippen LogP contribution >= 0.6 is 11.6 Å². The Hall–Kier alpha value is -4.09. The molecule has 0 saturated carbocycles. The molecule has 0 bridgehead atoms. The number of allylic oxidation sites excluding steroid dienone is 2. The van der Waals surface area contributed by atoms with Gasteiger partial charge in [0.05, 0.1) is 11.6 Å². The first-order chi connectivity index (χ1) is 22.0. The van der Waals surface area contributed by atoms with Gasteiger partial charge in [-0.25, -0.2) is 9.56 Å². The van der Waals surface area contributed by atoms with Crippen molar-refractivity contribution in [3.05, 3.63) is 117 Å². The number of benzene rings is 3. The van der Waals surface area contributed by atoms with Gasteiger partial charge in [0.15, 0.2) is 5.54 Å². The minimum Gasteiger partial charge on any atom is -0.456 e. The molecule has 0 amide bonds. The molecule has 0 fully saturated rings. The fourth-order valence-corrected chi connectivity index (χ4v) is 8.20. The Kier molecular flexibility index (Phi) is 7.32. The number of likely N-dealkylation sites (N-methyl/N-ethyl adjacent to an activating group) is 2. The normalized spacial score (nSPS) is 17.4. The van der Waals surface area contributed by atoms with Gasteiger partial charge in [-0.15, -0.1) is 11.6 Å². The van der Waals surface area contributed by atoms with Gasteiger partial charge in [0.25, 0.3) is 0 Å². The van der Waals surface area contributed by atoms with Crippen molar-refractivity contribution in [3.63, 3.8) is 0 Å². The average molecular weight is 632 g/mol. The van der Waals surface area contributed by atoms with Gasteiger partial charge in [0.2, 0.25) is 5.36 Å². The minimum absolute atomic E-state index is 0.0927. The van der Waals surface area contributed by atoms with Crippen LogP contribution in [-0.2, 0) is 12.4 Å². The van der Waals surface area contributed by atoms with Crippen molar-refractivity contribution in [2.24, 2.45) is 0 Å². The third kappa shape index (κ3) is 4.82. The Morgan fingerprint density at radius 2 is 1.57 bits per heavy atom. The summed E-state index contributed by atoms with van der Waals surface area (Å²) in [6.45, 7) is 20.6. The molecular weight excluding hydrogens is 588 g/mol. The van der Waals surface area contributed by atoms with Crippen molar-refractivity contribution in [2.75, 3.05) is 18.0 Å². The van der Waals surface area contributed by atoms with E-state index in [0.29, 0.717) is 12.4 Å². The lowest BCUT2D eigenvalue weighted by Gasteiger charge is -2.43. The van der Waals surface area contributed by atoms with Crippen molar-refractivity contribution >= 4 is 34.0 Å². The Morgan fingerprint density at radius 1 is 0.848 bits per heavy atom. The first-order valence-corrected chi connectivity index (χ1v) is 17.0. The van der Waals surface area contributed by atoms with E-state index < -0.39 is 0 Å². The van der Waals surface area contributed by atoms with Crippen molar-refractivity contribution in [1.29, 1.82) is 0 Å². The van der Waals surface area contributed by atoms with E-state index in [1.165, 1.54) is 38.9 Å². The molecule has 4 aromatic rings. The molecule has 3 aliphatic rings. The van der Waals surface area contributed by atoms with Crippen molar-refractivity contribution in [3.8, 4) is 11.5 Å². The predicted octanol–water partition coefficient (Wildman–Crippen LogP) is 7.75. The van der Waals surface area contributed by atoms with Crippen molar-refractivity contribution < 1.29 is 4.74 Å². The Morgan fingerprint density at radius 3 is 2.26 bits per heavy atom. The zero-order valence-electron chi connectivity index (χ0n) is 28.3. The number of rotatable bonds is 6. The first kappa shape index (κ1) is 30.6. The fraction of sp³-hybridized carbons (Fsp3) is 0.350. The number of aromatic nitrogens is 2. The second kappa shape index (κ2) is 11.0. The molecule has 0 N–H and O–H groups in total. The van der Waals surface area contributed by atoms with E-state index in [4.69, 9.17) is 21.3 Å². The number of alkyl halides is 1. The van der Waals surface area contributed by atoms with Crippen LogP contribution in [0.25, 0.3) is 16.7 Å². The minimum atomic E-state index is -0.0927. The fourth-order valence-electron chi connectivity index (χ4n) is 8.02. The predicted molar refractivity (Wildman–Crippen MR) is 191 cm³/mol. The summed E-state index contributed by atoms with van der Waals surface area (Å²) in [5.74, 6) is 3.19. The molecule has 0 spiro atoms. The number of imidazole rings is 1. The maximum absolute atomic E-state index is 6.95. The maximum Gasteiger partial charge on any atom is 0.211 e. The third-order valence-electron chi connectivity index (χ3n) is 10.0. The molecule has 0 radical (unpaired) electrons. The summed E-state index contributed by atoms with van der Waals surface area (Å²) < 4.78 is 11.7. The molecular formula is C40H44ClN4O+. The highest BCUT2D eigenvalue weighted by molar-refractivity contribution is 6.17. The third-order valence-corrected chi connectivity index (χ3v) is 10.3. The molecule has 0 saturated heterocycles. The average Bonchev–Trinajstić information content (AvgIpc) is 3.46. The summed E-state index contributed by atoms with van der Waals surface area (Å²) in [6.07, 6.45) is 8.78. The highest BCUT2D eigenvalue weighted by atomic mass is 35.5. The van der Waals surface area contributed by atoms with Crippen LogP contribution in [-0.4, -0.2) is 33.7 Å². The maximum atomic E-state index is 6.95. The second-order valence-electron chi connectivity index (χ2n) is 14.0. The number of anilines is 1. The van der Waals surface area contributed by atoms with E-state index in [-0.39, 0.29) is 11.1 Å². The van der Waals surface area contributed by atoms with Gasteiger partial charge in [0, 0.05) is 84.4 Å². The van der Waals surface area contributed by atoms with Crippen molar-refractivity contribution in [2.45, 2.75) is 78.9 Å². The van der Waals surface area contributed by atoms with E-state index in [0.717, 1.165) is 52.3 Å². The topological polar surface area (TPSA) is 33.3 Å². The van der Waals surface area contributed by atoms with E-state index in [1.54, 1.807) is 0 Å². The summed E-state index contributed by atoms with van der Waals surface area (Å²) >= 11 is 6.09. The molecule has 0 atom stereocenters. The Bertz CT molecular complexity index is 2080. The molecule has 0 unspecified atom stereocenters. The highest BCUT2D eigenvalue weighted by Crippen LogP contribution is 2.46. The quantitative estimate of drug-likeness (QED) is 0.142. The van der Waals surface area contributed by atoms with Crippen LogP contribution in [0.3, 0.4) is 0 Å². The summed E-state index contributed by atoms with van der Waals surface area (Å²) in [4.78, 5) is 7.51. The van der Waals surface area contributed by atoms with Crippen LogP contribution in [0.2, 0.25) is 0 Å². The number of hydrogen-bond donors (Lipinski definition) is 0. The summed E-state index contributed by atoms with van der Waals surface area (Å²) in [5, 5.41) is 2.29. The van der Waals surface area contributed by atoms with E-state index in [2.05, 4.69) is 136 Å². The SMILES string of the molecule is CCN1c2cc3c(cc2C(C)=CC1(C)C)C(c1nccn1Cc1ccc(CCl)cc1)=c1cc2c(cc1O3)=[N+](CC)C(C)(C)C=C2C. The van der Waals surface area contributed by atoms with E-state index >= 15 is 0 Å². The smallest absolute Gasteiger partial charge is 0.211 e. The van der Waals surface area contributed by atoms with Crippen LogP contribution in [0, 0.1) is 0 Å². The first-order valence-electron chi connectivity index (χ1n) is 16.5. The molecule has 3 aliphatic heterocycles. The van der Waals surface area contributed by atoms with E-state index in [9.17, 15) is 0 Å².